The van der Waals surface area contributed by atoms with Crippen LogP contribution in [0.25, 0.3) is 0 Å². The number of hydrogen-bond donors (Lipinski definition) is 2. The molecule has 1 aliphatic rings. The van der Waals surface area contributed by atoms with Crippen molar-refractivity contribution in [2.75, 3.05) is 33.7 Å². The van der Waals surface area contributed by atoms with Gasteiger partial charge in [0.25, 0.3) is 0 Å². The van der Waals surface area contributed by atoms with Gasteiger partial charge in [-0.2, -0.15) is 0 Å². The highest BCUT2D eigenvalue weighted by Gasteiger charge is 2.12. The van der Waals surface area contributed by atoms with E-state index in [0.717, 1.165) is 13.1 Å². The third-order valence-electron chi connectivity index (χ3n) is 2.67. The summed E-state index contributed by atoms with van der Waals surface area (Å²) in [5, 5.41) is 6.43. The van der Waals surface area contributed by atoms with Crippen molar-refractivity contribution in [1.29, 1.82) is 0 Å². The average molecular weight is 213 g/mol. The summed E-state index contributed by atoms with van der Waals surface area (Å²) in [6.45, 7) is 2.34. The Morgan fingerprint density at radius 1 is 1.40 bits per heavy atom. The van der Waals surface area contributed by atoms with Gasteiger partial charge in [0.15, 0.2) is 0 Å². The van der Waals surface area contributed by atoms with Gasteiger partial charge in [-0.1, -0.05) is 12.8 Å². The van der Waals surface area contributed by atoms with Gasteiger partial charge in [-0.15, -0.1) is 0 Å². The van der Waals surface area contributed by atoms with Gasteiger partial charge < -0.3 is 15.5 Å². The van der Waals surface area contributed by atoms with Gasteiger partial charge in [0, 0.05) is 12.6 Å². The zero-order valence-electron chi connectivity index (χ0n) is 9.88. The van der Waals surface area contributed by atoms with Crippen molar-refractivity contribution in [2.45, 2.75) is 31.7 Å². The number of carbonyl (C=O) groups excluding carboxylic acids is 1. The smallest absolute Gasteiger partial charge is 0.234 e. The van der Waals surface area contributed by atoms with Crippen LogP contribution in [0.15, 0.2) is 0 Å². The number of hydrogen-bond acceptors (Lipinski definition) is 3. The first-order valence-electron chi connectivity index (χ1n) is 5.83. The fraction of sp³-hybridized carbons (Fsp3) is 0.909. The lowest BCUT2D eigenvalue weighted by molar-refractivity contribution is -0.121. The van der Waals surface area contributed by atoms with E-state index in [9.17, 15) is 4.79 Å². The average Bonchev–Trinajstić information content (AvgIpc) is 2.41. The summed E-state index contributed by atoms with van der Waals surface area (Å²) >= 11 is 0. The van der Waals surface area contributed by atoms with Gasteiger partial charge in [-0.3, -0.25) is 4.79 Å². The molecule has 0 saturated carbocycles. The van der Waals surface area contributed by atoms with Crippen molar-refractivity contribution in [3.8, 4) is 0 Å². The maximum absolute atomic E-state index is 11.4. The predicted octanol–water partition coefficient (Wildman–Crippen LogP) is 0.196. The fourth-order valence-electron chi connectivity index (χ4n) is 1.86. The second kappa shape index (κ2) is 6.80. The maximum atomic E-state index is 11.4. The van der Waals surface area contributed by atoms with Crippen molar-refractivity contribution >= 4 is 5.91 Å². The zero-order chi connectivity index (χ0) is 11.1. The van der Waals surface area contributed by atoms with Crippen LogP contribution in [0.4, 0.5) is 0 Å². The first kappa shape index (κ1) is 12.5. The largest absolute Gasteiger partial charge is 0.353 e. The molecule has 1 saturated heterocycles. The quantitative estimate of drug-likeness (QED) is 0.701. The maximum Gasteiger partial charge on any atom is 0.234 e. The van der Waals surface area contributed by atoms with E-state index < -0.39 is 0 Å². The molecule has 88 valence electrons. The Labute approximate surface area is 92.4 Å². The standard InChI is InChI=1S/C11H23N3O/c1-14(2)9-11(15)13-8-10-6-4-3-5-7-12-10/h10,12H,3-9H2,1-2H3,(H,13,15). The fourth-order valence-corrected chi connectivity index (χ4v) is 1.86. The zero-order valence-corrected chi connectivity index (χ0v) is 9.88. The summed E-state index contributed by atoms with van der Waals surface area (Å²) in [6.07, 6.45) is 5.04. The van der Waals surface area contributed by atoms with Crippen LogP contribution >= 0.6 is 0 Å². The predicted molar refractivity (Wildman–Crippen MR) is 61.8 cm³/mol. The van der Waals surface area contributed by atoms with Crippen molar-refractivity contribution in [3.63, 3.8) is 0 Å². The summed E-state index contributed by atoms with van der Waals surface area (Å²) in [6, 6.07) is 0.471. The molecular weight excluding hydrogens is 190 g/mol. The molecule has 1 atom stereocenters. The van der Waals surface area contributed by atoms with E-state index in [1.807, 2.05) is 19.0 Å². The highest BCUT2D eigenvalue weighted by Crippen LogP contribution is 2.07. The molecule has 0 aliphatic carbocycles. The number of carbonyl (C=O) groups is 1. The Hall–Kier alpha value is -0.610. The van der Waals surface area contributed by atoms with Crippen molar-refractivity contribution in [1.82, 2.24) is 15.5 Å². The molecule has 4 nitrogen and oxygen atoms in total. The first-order valence-corrected chi connectivity index (χ1v) is 5.83. The molecular formula is C11H23N3O. The summed E-state index contributed by atoms with van der Waals surface area (Å²) in [5.74, 6) is 0.117. The highest BCUT2D eigenvalue weighted by molar-refractivity contribution is 5.77. The van der Waals surface area contributed by atoms with E-state index in [0.29, 0.717) is 12.6 Å². The summed E-state index contributed by atoms with van der Waals surface area (Å²) in [5.41, 5.74) is 0. The van der Waals surface area contributed by atoms with E-state index in [1.165, 1.54) is 25.7 Å². The van der Waals surface area contributed by atoms with Crippen LogP contribution in [0.5, 0.6) is 0 Å². The number of nitrogens with one attached hydrogen (secondary N) is 2. The van der Waals surface area contributed by atoms with Crippen molar-refractivity contribution in [2.24, 2.45) is 0 Å². The second-order valence-corrected chi connectivity index (χ2v) is 4.54. The molecule has 15 heavy (non-hydrogen) atoms. The second-order valence-electron chi connectivity index (χ2n) is 4.54. The number of nitrogens with zero attached hydrogens (tertiary/aromatic N) is 1. The molecule has 2 N–H and O–H groups in total. The molecule has 1 fully saturated rings. The Balaban J connectivity index is 2.14. The molecule has 0 bridgehead atoms. The third kappa shape index (κ3) is 5.74. The van der Waals surface area contributed by atoms with Crippen LogP contribution in [0.2, 0.25) is 0 Å². The molecule has 1 heterocycles. The summed E-state index contributed by atoms with van der Waals surface area (Å²) in [7, 11) is 3.81. The van der Waals surface area contributed by atoms with Gasteiger partial charge >= 0.3 is 0 Å². The van der Waals surface area contributed by atoms with Gasteiger partial charge in [-0.25, -0.2) is 0 Å². The van der Waals surface area contributed by atoms with E-state index >= 15 is 0 Å². The molecule has 1 aliphatic heterocycles. The Morgan fingerprint density at radius 3 is 2.93 bits per heavy atom. The molecule has 0 aromatic carbocycles. The lowest BCUT2D eigenvalue weighted by Crippen LogP contribution is -2.43. The Morgan fingerprint density at radius 2 is 2.20 bits per heavy atom. The van der Waals surface area contributed by atoms with Crippen LogP contribution in [0.1, 0.15) is 25.7 Å². The minimum atomic E-state index is 0.117. The number of likely N-dealkylation sites (N-methyl/N-ethyl adjacent to an activating group) is 1. The molecule has 4 heteroatoms. The van der Waals surface area contributed by atoms with E-state index in [2.05, 4.69) is 10.6 Å². The van der Waals surface area contributed by atoms with E-state index in [1.54, 1.807) is 0 Å². The Kier molecular flexibility index (Phi) is 5.65. The van der Waals surface area contributed by atoms with Crippen LogP contribution in [-0.4, -0.2) is 50.6 Å². The van der Waals surface area contributed by atoms with E-state index in [4.69, 9.17) is 0 Å². The van der Waals surface area contributed by atoms with Crippen molar-refractivity contribution < 1.29 is 4.79 Å². The van der Waals surface area contributed by atoms with Crippen molar-refractivity contribution in [3.05, 3.63) is 0 Å². The lowest BCUT2D eigenvalue weighted by Gasteiger charge is -2.17. The Bertz CT molecular complexity index is 186. The minimum absolute atomic E-state index is 0.117. The summed E-state index contributed by atoms with van der Waals surface area (Å²) in [4.78, 5) is 13.3. The topological polar surface area (TPSA) is 44.4 Å². The van der Waals surface area contributed by atoms with Gasteiger partial charge in [0.1, 0.15) is 0 Å². The lowest BCUT2D eigenvalue weighted by atomic mass is 10.1. The van der Waals surface area contributed by atoms with Crippen LogP contribution in [0.3, 0.4) is 0 Å². The molecule has 0 aromatic heterocycles. The molecule has 1 unspecified atom stereocenters. The van der Waals surface area contributed by atoms with Crippen LogP contribution in [-0.2, 0) is 4.79 Å². The van der Waals surface area contributed by atoms with Crippen LogP contribution in [0, 0.1) is 0 Å². The monoisotopic (exact) mass is 213 g/mol. The summed E-state index contributed by atoms with van der Waals surface area (Å²) < 4.78 is 0. The molecule has 0 aromatic rings. The van der Waals surface area contributed by atoms with Crippen LogP contribution < -0.4 is 10.6 Å². The normalized spacial score (nSPS) is 22.5. The number of amides is 1. The third-order valence-corrected chi connectivity index (χ3v) is 2.67. The van der Waals surface area contributed by atoms with Gasteiger partial charge in [-0.05, 0) is 33.5 Å². The SMILES string of the molecule is CN(C)CC(=O)NCC1CCCCCN1. The first-order chi connectivity index (χ1) is 7.18. The molecule has 0 spiro atoms. The molecule has 1 amide bonds. The molecule has 0 radical (unpaired) electrons. The van der Waals surface area contributed by atoms with E-state index in [-0.39, 0.29) is 5.91 Å². The van der Waals surface area contributed by atoms with Gasteiger partial charge in [0.05, 0.1) is 6.54 Å². The minimum Gasteiger partial charge on any atom is -0.353 e. The number of rotatable bonds is 4. The van der Waals surface area contributed by atoms with Gasteiger partial charge in [0.2, 0.25) is 5.91 Å². The highest BCUT2D eigenvalue weighted by atomic mass is 16.2. The molecule has 1 rings (SSSR count).